The maximum absolute atomic E-state index is 12.9. The first-order valence-corrected chi connectivity index (χ1v) is 8.91. The smallest absolute Gasteiger partial charge is 0.213 e. The minimum atomic E-state index is -0.204. The molecule has 3 aromatic rings. The summed E-state index contributed by atoms with van der Waals surface area (Å²) >= 11 is 0. The van der Waals surface area contributed by atoms with Crippen LogP contribution in [0.1, 0.15) is 28.4 Å². The Balaban J connectivity index is 1.93. The van der Waals surface area contributed by atoms with E-state index in [0.29, 0.717) is 29.0 Å². The monoisotopic (exact) mass is 372 g/mol. The molecule has 5 nitrogen and oxygen atoms in total. The van der Waals surface area contributed by atoms with Gasteiger partial charge in [-0.15, -0.1) is 5.10 Å². The predicted octanol–water partition coefficient (Wildman–Crippen LogP) is 4.50. The van der Waals surface area contributed by atoms with Crippen LogP contribution in [0.15, 0.2) is 89.1 Å². The van der Waals surface area contributed by atoms with Crippen LogP contribution < -0.4 is 4.74 Å². The molecule has 0 spiro atoms. The third-order valence-electron chi connectivity index (χ3n) is 3.95. The van der Waals surface area contributed by atoms with Crippen LogP contribution in [0.3, 0.4) is 0 Å². The van der Waals surface area contributed by atoms with Crippen molar-refractivity contribution in [3.63, 3.8) is 0 Å². The highest BCUT2D eigenvalue weighted by atomic mass is 16.5. The van der Waals surface area contributed by atoms with Crippen molar-refractivity contribution in [2.24, 2.45) is 10.2 Å². The molecule has 0 aliphatic carbocycles. The molecule has 0 bridgehead atoms. The molecule has 0 heterocycles. The number of hydrogen-bond donors (Lipinski definition) is 1. The zero-order valence-corrected chi connectivity index (χ0v) is 15.4. The molecule has 0 aliphatic heterocycles. The van der Waals surface area contributed by atoms with Gasteiger partial charge in [0.1, 0.15) is 5.71 Å². The number of aromatic hydroxyl groups is 1. The van der Waals surface area contributed by atoms with Gasteiger partial charge in [-0.25, -0.2) is 0 Å². The summed E-state index contributed by atoms with van der Waals surface area (Å²) in [6.07, 6.45) is 1.52. The van der Waals surface area contributed by atoms with Gasteiger partial charge in [0.2, 0.25) is 5.78 Å². The SMILES string of the molecule is CCOc1cc(/C=N/N=C(/C(=O)c2ccccc2)c2ccccc2)ccc1O. The van der Waals surface area contributed by atoms with Crippen molar-refractivity contribution in [3.8, 4) is 11.5 Å². The van der Waals surface area contributed by atoms with Crippen molar-refractivity contribution < 1.29 is 14.6 Å². The third kappa shape index (κ3) is 4.71. The number of ketones is 1. The Labute approximate surface area is 163 Å². The van der Waals surface area contributed by atoms with Gasteiger partial charge in [-0.05, 0) is 30.7 Å². The number of hydrogen-bond acceptors (Lipinski definition) is 5. The number of phenols is 1. The van der Waals surface area contributed by atoms with Gasteiger partial charge in [0, 0.05) is 11.1 Å². The maximum Gasteiger partial charge on any atom is 0.213 e. The van der Waals surface area contributed by atoms with Crippen LogP contribution in [0, 0.1) is 0 Å². The van der Waals surface area contributed by atoms with Gasteiger partial charge in [0.25, 0.3) is 0 Å². The van der Waals surface area contributed by atoms with Crippen LogP contribution in [0.5, 0.6) is 11.5 Å². The Bertz CT molecular complexity index is 997. The molecule has 0 unspecified atom stereocenters. The summed E-state index contributed by atoms with van der Waals surface area (Å²) in [7, 11) is 0. The average molecular weight is 372 g/mol. The summed E-state index contributed by atoms with van der Waals surface area (Å²) < 4.78 is 5.37. The van der Waals surface area contributed by atoms with Crippen LogP contribution in [-0.2, 0) is 0 Å². The van der Waals surface area contributed by atoms with Gasteiger partial charge in [-0.2, -0.15) is 5.10 Å². The Kier molecular flexibility index (Phi) is 6.31. The van der Waals surface area contributed by atoms with E-state index in [1.807, 2.05) is 55.5 Å². The lowest BCUT2D eigenvalue weighted by Crippen LogP contribution is -2.15. The zero-order valence-electron chi connectivity index (χ0n) is 15.4. The quantitative estimate of drug-likeness (QED) is 0.377. The van der Waals surface area contributed by atoms with Crippen molar-refractivity contribution in [1.82, 2.24) is 0 Å². The highest BCUT2D eigenvalue weighted by Gasteiger charge is 2.16. The first-order chi connectivity index (χ1) is 13.7. The molecule has 140 valence electrons. The molecular weight excluding hydrogens is 352 g/mol. The molecule has 0 fully saturated rings. The second kappa shape index (κ2) is 9.28. The number of rotatable bonds is 7. The number of carbonyl (C=O) groups is 1. The molecule has 1 N–H and O–H groups in total. The van der Waals surface area contributed by atoms with E-state index in [4.69, 9.17) is 4.74 Å². The summed E-state index contributed by atoms with van der Waals surface area (Å²) in [6.45, 7) is 2.28. The molecule has 3 rings (SSSR count). The largest absolute Gasteiger partial charge is 0.504 e. The van der Waals surface area contributed by atoms with Crippen molar-refractivity contribution in [2.45, 2.75) is 6.92 Å². The highest BCUT2D eigenvalue weighted by Crippen LogP contribution is 2.26. The van der Waals surface area contributed by atoms with E-state index in [9.17, 15) is 9.90 Å². The van der Waals surface area contributed by atoms with Gasteiger partial charge < -0.3 is 9.84 Å². The lowest BCUT2D eigenvalue weighted by molar-refractivity contribution is 0.106. The lowest BCUT2D eigenvalue weighted by Gasteiger charge is -2.06. The number of ether oxygens (including phenoxy) is 1. The fourth-order valence-corrected chi connectivity index (χ4v) is 2.59. The fourth-order valence-electron chi connectivity index (χ4n) is 2.59. The average Bonchev–Trinajstić information content (AvgIpc) is 2.74. The third-order valence-corrected chi connectivity index (χ3v) is 3.95. The molecule has 0 saturated heterocycles. The second-order valence-electron chi connectivity index (χ2n) is 5.91. The number of Topliss-reactive ketones (excluding diaryl/α,β-unsaturated/α-hetero) is 1. The normalized spacial score (nSPS) is 11.5. The Morgan fingerprint density at radius 3 is 2.25 bits per heavy atom. The highest BCUT2D eigenvalue weighted by molar-refractivity contribution is 6.51. The van der Waals surface area contributed by atoms with Crippen LogP contribution in [0.25, 0.3) is 0 Å². The summed E-state index contributed by atoms with van der Waals surface area (Å²) in [5.41, 5.74) is 2.19. The van der Waals surface area contributed by atoms with E-state index in [1.165, 1.54) is 12.3 Å². The first kappa shape index (κ1) is 19.0. The molecule has 3 aromatic carbocycles. The maximum atomic E-state index is 12.9. The number of phenolic OH excluding ortho intramolecular Hbond substituents is 1. The molecule has 0 amide bonds. The van der Waals surface area contributed by atoms with E-state index in [-0.39, 0.29) is 17.2 Å². The number of nitrogens with zero attached hydrogens (tertiary/aromatic N) is 2. The van der Waals surface area contributed by atoms with E-state index in [2.05, 4.69) is 10.2 Å². The summed E-state index contributed by atoms with van der Waals surface area (Å²) in [5.74, 6) is 0.232. The van der Waals surface area contributed by atoms with Crippen LogP contribution in [0.2, 0.25) is 0 Å². The minimum Gasteiger partial charge on any atom is -0.504 e. The molecule has 0 radical (unpaired) electrons. The summed E-state index contributed by atoms with van der Waals surface area (Å²) in [4.78, 5) is 12.9. The molecule has 28 heavy (non-hydrogen) atoms. The van der Waals surface area contributed by atoms with Crippen molar-refractivity contribution in [1.29, 1.82) is 0 Å². The van der Waals surface area contributed by atoms with Crippen LogP contribution in [0.4, 0.5) is 0 Å². The van der Waals surface area contributed by atoms with Gasteiger partial charge in [0.15, 0.2) is 11.5 Å². The van der Waals surface area contributed by atoms with Crippen molar-refractivity contribution in [3.05, 3.63) is 95.6 Å². The van der Waals surface area contributed by atoms with Gasteiger partial charge in [-0.1, -0.05) is 60.7 Å². The lowest BCUT2D eigenvalue weighted by atomic mass is 10.0. The van der Waals surface area contributed by atoms with Crippen molar-refractivity contribution >= 4 is 17.7 Å². The first-order valence-electron chi connectivity index (χ1n) is 8.91. The number of carbonyl (C=O) groups excluding carboxylic acids is 1. The Morgan fingerprint density at radius 2 is 1.61 bits per heavy atom. The fraction of sp³-hybridized carbons (Fsp3) is 0.0870. The minimum absolute atomic E-state index is 0.0618. The Hall–Kier alpha value is -3.73. The van der Waals surface area contributed by atoms with Gasteiger partial charge >= 0.3 is 0 Å². The molecule has 5 heteroatoms. The predicted molar refractivity (Wildman–Crippen MR) is 111 cm³/mol. The van der Waals surface area contributed by atoms with E-state index in [1.54, 1.807) is 24.3 Å². The van der Waals surface area contributed by atoms with E-state index in [0.717, 1.165) is 0 Å². The Morgan fingerprint density at radius 1 is 0.964 bits per heavy atom. The van der Waals surface area contributed by atoms with E-state index < -0.39 is 0 Å². The van der Waals surface area contributed by atoms with Gasteiger partial charge in [-0.3, -0.25) is 4.79 Å². The molecule has 0 saturated carbocycles. The topological polar surface area (TPSA) is 71.2 Å². The molecule has 0 aromatic heterocycles. The zero-order chi connectivity index (χ0) is 19.8. The van der Waals surface area contributed by atoms with Crippen LogP contribution >= 0.6 is 0 Å². The van der Waals surface area contributed by atoms with Crippen LogP contribution in [-0.4, -0.2) is 29.4 Å². The van der Waals surface area contributed by atoms with Gasteiger partial charge in [0.05, 0.1) is 12.8 Å². The second-order valence-corrected chi connectivity index (χ2v) is 5.91. The standard InChI is InChI=1S/C23H20N2O3/c1-2-28-21-15-17(13-14-20(21)26)16-24-25-22(18-9-5-3-6-10-18)23(27)19-11-7-4-8-12-19/h3-16,26H,2H2,1H3/b24-16+,25-22+. The molecule has 0 atom stereocenters. The van der Waals surface area contributed by atoms with Crippen molar-refractivity contribution in [2.75, 3.05) is 6.61 Å². The molecule has 0 aliphatic rings. The van der Waals surface area contributed by atoms with E-state index >= 15 is 0 Å². The molecular formula is C23H20N2O3. The summed E-state index contributed by atoms with van der Waals surface area (Å²) in [6, 6.07) is 23.1. The number of benzene rings is 3. The summed E-state index contributed by atoms with van der Waals surface area (Å²) in [5, 5.41) is 18.1.